The number of aromatic nitrogens is 2. The fourth-order valence-corrected chi connectivity index (χ4v) is 2.62. The van der Waals surface area contributed by atoms with E-state index in [0.717, 1.165) is 48.7 Å². The highest BCUT2D eigenvalue weighted by atomic mass is 16.5. The van der Waals surface area contributed by atoms with E-state index in [-0.39, 0.29) is 0 Å². The van der Waals surface area contributed by atoms with Crippen LogP contribution < -0.4 is 10.6 Å². The summed E-state index contributed by atoms with van der Waals surface area (Å²) in [6, 6.07) is 9.64. The Morgan fingerprint density at radius 2 is 1.95 bits per heavy atom. The number of nitrogens with two attached hydrogens (primary N) is 1. The van der Waals surface area contributed by atoms with Gasteiger partial charge in [-0.25, -0.2) is 9.97 Å². The molecular formula is C16H16N4O2. The van der Waals surface area contributed by atoms with Gasteiger partial charge < -0.3 is 19.8 Å². The highest BCUT2D eigenvalue weighted by molar-refractivity contribution is 5.79. The standard InChI is InChI=1S/C16H16N4O2/c17-15-12(16-19-13-3-1-2-4-14(13)22-16)9-11(10-18-15)20-5-7-21-8-6-20/h1-4,9-10H,5-8H2,(H2,17,18). The number of oxazole rings is 1. The summed E-state index contributed by atoms with van der Waals surface area (Å²) in [5.41, 5.74) is 9.31. The molecule has 0 bridgehead atoms. The first-order valence-electron chi connectivity index (χ1n) is 7.25. The van der Waals surface area contributed by atoms with Crippen LogP contribution in [-0.4, -0.2) is 36.3 Å². The Kier molecular flexibility index (Phi) is 3.16. The Balaban J connectivity index is 1.76. The van der Waals surface area contributed by atoms with Crippen LogP contribution in [0.25, 0.3) is 22.6 Å². The summed E-state index contributed by atoms with van der Waals surface area (Å²) in [7, 11) is 0. The van der Waals surface area contributed by atoms with Crippen LogP contribution in [0.3, 0.4) is 0 Å². The number of hydrogen-bond acceptors (Lipinski definition) is 6. The summed E-state index contributed by atoms with van der Waals surface area (Å²) < 4.78 is 11.2. The number of para-hydroxylation sites is 2. The van der Waals surface area contributed by atoms with Crippen LogP contribution in [0, 0.1) is 0 Å². The summed E-state index contributed by atoms with van der Waals surface area (Å²) in [5, 5.41) is 0. The number of hydrogen-bond donors (Lipinski definition) is 1. The van der Waals surface area contributed by atoms with Gasteiger partial charge in [0.2, 0.25) is 5.89 Å². The third kappa shape index (κ3) is 2.27. The molecular weight excluding hydrogens is 280 g/mol. The van der Waals surface area contributed by atoms with E-state index < -0.39 is 0 Å². The van der Waals surface area contributed by atoms with Gasteiger partial charge in [0.1, 0.15) is 11.3 Å². The lowest BCUT2D eigenvalue weighted by Gasteiger charge is -2.28. The third-order valence-corrected chi connectivity index (χ3v) is 3.80. The molecule has 1 fully saturated rings. The lowest BCUT2D eigenvalue weighted by atomic mass is 10.2. The molecule has 0 amide bonds. The van der Waals surface area contributed by atoms with E-state index in [2.05, 4.69) is 14.9 Å². The van der Waals surface area contributed by atoms with Crippen LogP contribution in [0.4, 0.5) is 11.5 Å². The quantitative estimate of drug-likeness (QED) is 0.782. The lowest BCUT2D eigenvalue weighted by Crippen LogP contribution is -2.36. The summed E-state index contributed by atoms with van der Waals surface area (Å²) in [6.45, 7) is 3.14. The van der Waals surface area contributed by atoms with Gasteiger partial charge in [-0.2, -0.15) is 0 Å². The van der Waals surface area contributed by atoms with Crippen molar-refractivity contribution < 1.29 is 9.15 Å². The molecule has 1 aliphatic heterocycles. The fraction of sp³-hybridized carbons (Fsp3) is 0.250. The van der Waals surface area contributed by atoms with Crippen molar-refractivity contribution in [3.8, 4) is 11.5 Å². The maximum absolute atomic E-state index is 6.02. The summed E-state index contributed by atoms with van der Waals surface area (Å²) in [4.78, 5) is 11.0. The highest BCUT2D eigenvalue weighted by Gasteiger charge is 2.17. The fourth-order valence-electron chi connectivity index (χ4n) is 2.62. The molecule has 3 heterocycles. The van der Waals surface area contributed by atoms with Gasteiger partial charge in [-0.05, 0) is 18.2 Å². The minimum absolute atomic E-state index is 0.420. The molecule has 0 radical (unpaired) electrons. The van der Waals surface area contributed by atoms with E-state index in [4.69, 9.17) is 14.9 Å². The van der Waals surface area contributed by atoms with E-state index in [9.17, 15) is 0 Å². The zero-order valence-corrected chi connectivity index (χ0v) is 12.0. The topological polar surface area (TPSA) is 77.4 Å². The molecule has 6 nitrogen and oxygen atoms in total. The van der Waals surface area contributed by atoms with E-state index >= 15 is 0 Å². The lowest BCUT2D eigenvalue weighted by molar-refractivity contribution is 0.122. The van der Waals surface area contributed by atoms with E-state index in [1.54, 1.807) is 6.20 Å². The number of nitrogen functional groups attached to an aromatic ring is 1. The second kappa shape index (κ2) is 5.31. The van der Waals surface area contributed by atoms with Gasteiger partial charge in [-0.1, -0.05) is 12.1 Å². The minimum atomic E-state index is 0.420. The molecule has 4 rings (SSSR count). The van der Waals surface area contributed by atoms with E-state index in [1.165, 1.54) is 0 Å². The predicted octanol–water partition coefficient (Wildman–Crippen LogP) is 2.31. The average molecular weight is 296 g/mol. The zero-order valence-electron chi connectivity index (χ0n) is 12.0. The van der Waals surface area contributed by atoms with Crippen molar-refractivity contribution >= 4 is 22.6 Å². The maximum atomic E-state index is 6.02. The first kappa shape index (κ1) is 13.1. The monoisotopic (exact) mass is 296 g/mol. The maximum Gasteiger partial charge on any atom is 0.231 e. The number of benzene rings is 1. The highest BCUT2D eigenvalue weighted by Crippen LogP contribution is 2.30. The van der Waals surface area contributed by atoms with Crippen molar-refractivity contribution in [2.24, 2.45) is 0 Å². The number of anilines is 2. The van der Waals surface area contributed by atoms with Crippen molar-refractivity contribution in [1.82, 2.24) is 9.97 Å². The Bertz CT molecular complexity index is 776. The Morgan fingerprint density at radius 1 is 1.14 bits per heavy atom. The van der Waals surface area contributed by atoms with Gasteiger partial charge in [0.05, 0.1) is 30.7 Å². The molecule has 22 heavy (non-hydrogen) atoms. The predicted molar refractivity (Wildman–Crippen MR) is 84.7 cm³/mol. The average Bonchev–Trinajstić information content (AvgIpc) is 3.00. The van der Waals surface area contributed by atoms with Crippen molar-refractivity contribution in [2.75, 3.05) is 36.9 Å². The third-order valence-electron chi connectivity index (χ3n) is 3.80. The van der Waals surface area contributed by atoms with Crippen LogP contribution in [0.1, 0.15) is 0 Å². The number of rotatable bonds is 2. The van der Waals surface area contributed by atoms with Gasteiger partial charge >= 0.3 is 0 Å². The minimum Gasteiger partial charge on any atom is -0.436 e. The van der Waals surface area contributed by atoms with E-state index in [1.807, 2.05) is 30.3 Å². The molecule has 0 atom stereocenters. The molecule has 2 aromatic heterocycles. The normalized spacial score (nSPS) is 15.4. The van der Waals surface area contributed by atoms with Gasteiger partial charge in [0.15, 0.2) is 5.58 Å². The number of pyridine rings is 1. The van der Waals surface area contributed by atoms with Crippen molar-refractivity contribution in [1.29, 1.82) is 0 Å². The molecule has 112 valence electrons. The van der Waals surface area contributed by atoms with Gasteiger partial charge in [-0.15, -0.1) is 0 Å². The summed E-state index contributed by atoms with van der Waals surface area (Å²) in [5.74, 6) is 0.921. The molecule has 0 spiro atoms. The number of nitrogens with zero attached hydrogens (tertiary/aromatic N) is 3. The van der Waals surface area contributed by atoms with Crippen LogP contribution in [0.5, 0.6) is 0 Å². The van der Waals surface area contributed by atoms with Crippen LogP contribution >= 0.6 is 0 Å². The van der Waals surface area contributed by atoms with Gasteiger partial charge in [-0.3, -0.25) is 0 Å². The molecule has 3 aromatic rings. The second-order valence-electron chi connectivity index (χ2n) is 5.21. The molecule has 6 heteroatoms. The largest absolute Gasteiger partial charge is 0.436 e. The first-order valence-corrected chi connectivity index (χ1v) is 7.25. The molecule has 0 aliphatic carbocycles. The molecule has 0 unspecified atom stereocenters. The van der Waals surface area contributed by atoms with Crippen molar-refractivity contribution in [3.05, 3.63) is 36.5 Å². The molecule has 0 saturated carbocycles. The van der Waals surface area contributed by atoms with Crippen LogP contribution in [-0.2, 0) is 4.74 Å². The molecule has 1 aromatic carbocycles. The summed E-state index contributed by atoms with van der Waals surface area (Å²) >= 11 is 0. The number of morpholine rings is 1. The Hall–Kier alpha value is -2.60. The number of ether oxygens (including phenoxy) is 1. The summed E-state index contributed by atoms with van der Waals surface area (Å²) in [6.07, 6.45) is 1.78. The Morgan fingerprint density at radius 3 is 2.77 bits per heavy atom. The van der Waals surface area contributed by atoms with Crippen LogP contribution in [0.2, 0.25) is 0 Å². The number of fused-ring (bicyclic) bond motifs is 1. The second-order valence-corrected chi connectivity index (χ2v) is 5.21. The van der Waals surface area contributed by atoms with Crippen molar-refractivity contribution in [2.45, 2.75) is 0 Å². The molecule has 1 aliphatic rings. The first-order chi connectivity index (χ1) is 10.8. The zero-order chi connectivity index (χ0) is 14.9. The Labute approximate surface area is 127 Å². The van der Waals surface area contributed by atoms with Crippen LogP contribution in [0.15, 0.2) is 40.9 Å². The smallest absolute Gasteiger partial charge is 0.231 e. The molecule has 2 N–H and O–H groups in total. The van der Waals surface area contributed by atoms with Crippen molar-refractivity contribution in [3.63, 3.8) is 0 Å². The van der Waals surface area contributed by atoms with Gasteiger partial charge in [0, 0.05) is 13.1 Å². The van der Waals surface area contributed by atoms with Gasteiger partial charge in [0.25, 0.3) is 0 Å². The molecule has 1 saturated heterocycles. The SMILES string of the molecule is Nc1ncc(N2CCOCC2)cc1-c1nc2ccccc2o1. The van der Waals surface area contributed by atoms with E-state index in [0.29, 0.717) is 11.7 Å².